The Balaban J connectivity index is 1.33. The van der Waals surface area contributed by atoms with Crippen molar-refractivity contribution in [1.29, 1.82) is 0 Å². The summed E-state index contributed by atoms with van der Waals surface area (Å²) < 4.78 is 8.54. The minimum Gasteiger partial charge on any atom is -0.441 e. The first-order valence-corrected chi connectivity index (χ1v) is 10.0. The van der Waals surface area contributed by atoms with Crippen LogP contribution in [0.5, 0.6) is 0 Å². The van der Waals surface area contributed by atoms with Crippen molar-refractivity contribution in [2.24, 2.45) is 0 Å². The number of oxazole rings is 1. The van der Waals surface area contributed by atoms with Gasteiger partial charge in [-0.05, 0) is 17.7 Å². The van der Waals surface area contributed by atoms with E-state index < -0.39 is 0 Å². The van der Waals surface area contributed by atoms with Crippen molar-refractivity contribution < 1.29 is 9.21 Å². The SMILES string of the molecule is O=C(CCc1ncc(-c2ccccc2)o1)Nc1ccnn1Cc1ccc(Br)cc1. The molecular formula is C22H19BrN4O2. The van der Waals surface area contributed by atoms with Gasteiger partial charge in [0.25, 0.3) is 0 Å². The van der Waals surface area contributed by atoms with Crippen molar-refractivity contribution in [2.75, 3.05) is 5.32 Å². The lowest BCUT2D eigenvalue weighted by molar-refractivity contribution is -0.116. The van der Waals surface area contributed by atoms with Crippen molar-refractivity contribution in [3.05, 3.63) is 89.0 Å². The fourth-order valence-electron chi connectivity index (χ4n) is 2.92. The number of benzene rings is 2. The Morgan fingerprint density at radius 3 is 2.66 bits per heavy atom. The molecule has 2 aromatic heterocycles. The van der Waals surface area contributed by atoms with E-state index in [0.717, 1.165) is 15.6 Å². The molecule has 1 N–H and O–H groups in total. The highest BCUT2D eigenvalue weighted by molar-refractivity contribution is 9.10. The van der Waals surface area contributed by atoms with Crippen LogP contribution in [0, 0.1) is 0 Å². The maximum atomic E-state index is 12.4. The van der Waals surface area contributed by atoms with Gasteiger partial charge in [0.15, 0.2) is 11.7 Å². The Hall–Kier alpha value is -3.19. The summed E-state index contributed by atoms with van der Waals surface area (Å²) in [6, 6.07) is 19.6. The maximum Gasteiger partial charge on any atom is 0.226 e. The molecular weight excluding hydrogens is 432 g/mol. The second-order valence-electron chi connectivity index (χ2n) is 6.53. The van der Waals surface area contributed by atoms with Crippen molar-refractivity contribution in [3.8, 4) is 11.3 Å². The fourth-order valence-corrected chi connectivity index (χ4v) is 3.18. The van der Waals surface area contributed by atoms with Crippen LogP contribution >= 0.6 is 15.9 Å². The fraction of sp³-hybridized carbons (Fsp3) is 0.136. The number of nitrogens with zero attached hydrogens (tertiary/aromatic N) is 3. The largest absolute Gasteiger partial charge is 0.441 e. The van der Waals surface area contributed by atoms with Crippen LogP contribution in [0.3, 0.4) is 0 Å². The summed E-state index contributed by atoms with van der Waals surface area (Å²) >= 11 is 3.43. The summed E-state index contributed by atoms with van der Waals surface area (Å²) in [5.74, 6) is 1.80. The lowest BCUT2D eigenvalue weighted by Gasteiger charge is -2.09. The van der Waals surface area contributed by atoms with E-state index in [-0.39, 0.29) is 12.3 Å². The number of hydrogen-bond donors (Lipinski definition) is 1. The van der Waals surface area contributed by atoms with E-state index in [4.69, 9.17) is 4.42 Å². The normalized spacial score (nSPS) is 10.8. The van der Waals surface area contributed by atoms with Crippen molar-refractivity contribution in [1.82, 2.24) is 14.8 Å². The minimum absolute atomic E-state index is 0.109. The van der Waals surface area contributed by atoms with Crippen molar-refractivity contribution >= 4 is 27.7 Å². The molecule has 0 spiro atoms. The molecule has 0 saturated heterocycles. The summed E-state index contributed by atoms with van der Waals surface area (Å²) in [5.41, 5.74) is 2.06. The molecule has 0 bridgehead atoms. The van der Waals surface area contributed by atoms with Crippen LogP contribution in [-0.2, 0) is 17.8 Å². The van der Waals surface area contributed by atoms with Gasteiger partial charge in [-0.25, -0.2) is 9.67 Å². The molecule has 0 radical (unpaired) electrons. The summed E-state index contributed by atoms with van der Waals surface area (Å²) in [7, 11) is 0. The van der Waals surface area contributed by atoms with E-state index in [1.54, 1.807) is 23.1 Å². The lowest BCUT2D eigenvalue weighted by Crippen LogP contribution is -2.16. The van der Waals surface area contributed by atoms with Crippen molar-refractivity contribution in [2.45, 2.75) is 19.4 Å². The molecule has 0 unspecified atom stereocenters. The number of anilines is 1. The lowest BCUT2D eigenvalue weighted by atomic mass is 10.2. The number of carbonyl (C=O) groups excluding carboxylic acids is 1. The third kappa shape index (κ3) is 5.00. The number of amides is 1. The molecule has 0 aliphatic carbocycles. The Morgan fingerprint density at radius 1 is 1.07 bits per heavy atom. The van der Waals surface area contributed by atoms with Crippen LogP contribution in [0.4, 0.5) is 5.82 Å². The second-order valence-corrected chi connectivity index (χ2v) is 7.45. The summed E-state index contributed by atoms with van der Waals surface area (Å²) in [4.78, 5) is 16.7. The van der Waals surface area contributed by atoms with Crippen molar-refractivity contribution in [3.63, 3.8) is 0 Å². The quantitative estimate of drug-likeness (QED) is 0.433. The van der Waals surface area contributed by atoms with Gasteiger partial charge in [0.05, 0.1) is 18.9 Å². The van der Waals surface area contributed by atoms with Crippen LogP contribution in [0.1, 0.15) is 17.9 Å². The Bertz CT molecular complexity index is 1090. The molecule has 1 amide bonds. The van der Waals surface area contributed by atoms with Gasteiger partial charge in [0, 0.05) is 28.9 Å². The highest BCUT2D eigenvalue weighted by Gasteiger charge is 2.11. The summed E-state index contributed by atoms with van der Waals surface area (Å²) in [6.07, 6.45) is 4.07. The van der Waals surface area contributed by atoms with Crippen LogP contribution in [0.2, 0.25) is 0 Å². The zero-order valence-electron chi connectivity index (χ0n) is 15.6. The second kappa shape index (κ2) is 8.87. The Morgan fingerprint density at radius 2 is 1.86 bits per heavy atom. The third-order valence-corrected chi connectivity index (χ3v) is 4.94. The standard InChI is InChI=1S/C22H19BrN4O2/c23-18-8-6-16(7-9-18)15-27-20(12-13-25-27)26-21(28)10-11-22-24-14-19(29-22)17-4-2-1-3-5-17/h1-9,12-14H,10-11,15H2,(H,26,28). The van der Waals surface area contributed by atoms with Gasteiger partial charge in [-0.15, -0.1) is 0 Å². The van der Waals surface area contributed by atoms with Crippen LogP contribution in [0.25, 0.3) is 11.3 Å². The molecule has 4 aromatic rings. The van der Waals surface area contributed by atoms with E-state index in [9.17, 15) is 4.79 Å². The summed E-state index contributed by atoms with van der Waals surface area (Å²) in [5, 5.41) is 7.22. The number of hydrogen-bond acceptors (Lipinski definition) is 4. The van der Waals surface area contributed by atoms with Gasteiger partial charge in [0.1, 0.15) is 5.82 Å². The zero-order valence-corrected chi connectivity index (χ0v) is 17.2. The number of aryl methyl sites for hydroxylation is 1. The van der Waals surface area contributed by atoms with Gasteiger partial charge in [0.2, 0.25) is 5.91 Å². The smallest absolute Gasteiger partial charge is 0.226 e. The molecule has 0 atom stereocenters. The molecule has 0 saturated carbocycles. The van der Waals surface area contributed by atoms with E-state index >= 15 is 0 Å². The number of carbonyl (C=O) groups is 1. The molecule has 2 aromatic carbocycles. The first kappa shape index (κ1) is 19.1. The predicted molar refractivity (Wildman–Crippen MR) is 114 cm³/mol. The molecule has 4 rings (SSSR count). The van der Waals surface area contributed by atoms with E-state index in [2.05, 4.69) is 31.3 Å². The highest BCUT2D eigenvalue weighted by atomic mass is 79.9. The van der Waals surface area contributed by atoms with E-state index in [1.165, 1.54) is 0 Å². The van der Waals surface area contributed by atoms with Gasteiger partial charge in [-0.1, -0.05) is 58.4 Å². The molecule has 7 heteroatoms. The van der Waals surface area contributed by atoms with Crippen LogP contribution in [0.15, 0.2) is 81.9 Å². The maximum absolute atomic E-state index is 12.4. The monoisotopic (exact) mass is 450 g/mol. The Kier molecular flexibility index (Phi) is 5.86. The molecule has 29 heavy (non-hydrogen) atoms. The molecule has 6 nitrogen and oxygen atoms in total. The average Bonchev–Trinajstić information content (AvgIpc) is 3.39. The topological polar surface area (TPSA) is 73.0 Å². The molecule has 2 heterocycles. The Labute approximate surface area is 176 Å². The van der Waals surface area contributed by atoms with Gasteiger partial charge >= 0.3 is 0 Å². The molecule has 0 aliphatic heterocycles. The third-order valence-electron chi connectivity index (χ3n) is 4.41. The predicted octanol–water partition coefficient (Wildman–Crippen LogP) is 4.92. The number of halogens is 1. The molecule has 146 valence electrons. The number of nitrogens with one attached hydrogen (secondary N) is 1. The van der Waals surface area contributed by atoms with Crippen LogP contribution in [-0.4, -0.2) is 20.7 Å². The summed E-state index contributed by atoms with van der Waals surface area (Å²) in [6.45, 7) is 0.579. The first-order valence-electron chi connectivity index (χ1n) is 9.23. The van der Waals surface area contributed by atoms with Gasteiger partial charge in [-0.2, -0.15) is 5.10 Å². The average molecular weight is 451 g/mol. The first-order chi connectivity index (χ1) is 14.2. The minimum atomic E-state index is -0.109. The number of rotatable bonds is 7. The zero-order chi connectivity index (χ0) is 20.1. The van der Waals surface area contributed by atoms with Crippen LogP contribution < -0.4 is 5.32 Å². The molecule has 0 aliphatic rings. The van der Waals surface area contributed by atoms with E-state index in [0.29, 0.717) is 30.4 Å². The van der Waals surface area contributed by atoms with Gasteiger partial charge in [-0.3, -0.25) is 4.79 Å². The van der Waals surface area contributed by atoms with E-state index in [1.807, 2.05) is 54.6 Å². The highest BCUT2D eigenvalue weighted by Crippen LogP contribution is 2.20. The van der Waals surface area contributed by atoms with Gasteiger partial charge < -0.3 is 9.73 Å². The molecule has 0 fully saturated rings. The number of aromatic nitrogens is 3.